The van der Waals surface area contributed by atoms with Gasteiger partial charge in [-0.3, -0.25) is 4.79 Å². The van der Waals surface area contributed by atoms with Crippen molar-refractivity contribution in [2.45, 2.75) is 24.2 Å². The van der Waals surface area contributed by atoms with E-state index in [4.69, 9.17) is 4.98 Å². The molecule has 0 aliphatic carbocycles. The molecule has 1 aromatic heterocycles. The van der Waals surface area contributed by atoms with E-state index < -0.39 is 0 Å². The van der Waals surface area contributed by atoms with Crippen molar-refractivity contribution >= 4 is 44.9 Å². The highest BCUT2D eigenvalue weighted by Gasteiger charge is 2.19. The molecule has 6 heteroatoms. The van der Waals surface area contributed by atoms with E-state index in [9.17, 15) is 4.79 Å². The van der Waals surface area contributed by atoms with Crippen molar-refractivity contribution in [3.8, 4) is 11.3 Å². The molecule has 0 saturated heterocycles. The van der Waals surface area contributed by atoms with Gasteiger partial charge < -0.3 is 10.6 Å². The first-order valence-electron chi connectivity index (χ1n) is 11.0. The first kappa shape index (κ1) is 21.0. The highest BCUT2D eigenvalue weighted by Crippen LogP contribution is 2.40. The molecule has 1 aliphatic heterocycles. The van der Waals surface area contributed by atoms with Crippen molar-refractivity contribution in [2.24, 2.45) is 0 Å². The molecule has 0 bridgehead atoms. The van der Waals surface area contributed by atoms with Crippen LogP contribution in [0.5, 0.6) is 0 Å². The number of hydrogen-bond donors (Lipinski definition) is 2. The number of aromatic nitrogens is 1. The van der Waals surface area contributed by atoms with Gasteiger partial charge in [0.25, 0.3) is 5.91 Å². The van der Waals surface area contributed by atoms with Crippen LogP contribution in [-0.4, -0.2) is 29.7 Å². The average Bonchev–Trinajstić information content (AvgIpc) is 3.15. The lowest BCUT2D eigenvalue weighted by Crippen LogP contribution is -2.25. The molecule has 4 nitrogen and oxygen atoms in total. The number of carbonyl (C=O) groups excluding carboxylic acids is 1. The monoisotopic (exact) mass is 459 g/mol. The fourth-order valence-electron chi connectivity index (χ4n) is 4.01. The van der Waals surface area contributed by atoms with Crippen molar-refractivity contribution in [3.63, 3.8) is 0 Å². The van der Waals surface area contributed by atoms with Crippen molar-refractivity contribution in [1.29, 1.82) is 0 Å². The molecule has 32 heavy (non-hydrogen) atoms. The Hall–Kier alpha value is -2.83. The van der Waals surface area contributed by atoms with Crippen LogP contribution in [0.3, 0.4) is 0 Å². The molecule has 0 spiro atoms. The Labute approximate surface area is 196 Å². The molecule has 162 valence electrons. The minimum absolute atomic E-state index is 0.00467. The number of nitrogens with zero attached hydrogens (tertiary/aromatic N) is 1. The van der Waals surface area contributed by atoms with Crippen LogP contribution in [0.1, 0.15) is 28.1 Å². The Morgan fingerprint density at radius 2 is 1.75 bits per heavy atom. The highest BCUT2D eigenvalue weighted by molar-refractivity contribution is 7.99. The number of aryl methyl sites for hydroxylation is 1. The number of hydrogen-bond acceptors (Lipinski definition) is 5. The summed E-state index contributed by atoms with van der Waals surface area (Å²) in [6.07, 6.45) is 2.97. The lowest BCUT2D eigenvalue weighted by atomic mass is 10.0. The van der Waals surface area contributed by atoms with E-state index in [2.05, 4.69) is 34.9 Å². The van der Waals surface area contributed by atoms with E-state index in [1.54, 1.807) is 11.3 Å². The lowest BCUT2D eigenvalue weighted by Gasteiger charge is -2.08. The van der Waals surface area contributed by atoms with Gasteiger partial charge in [-0.1, -0.05) is 54.6 Å². The SMILES string of the molecule is O=C(NCCCCNc1nc2c(s1)CCSc1ccccc1-2)c1cccc2ccccc12. The van der Waals surface area contributed by atoms with E-state index in [1.807, 2.05) is 54.2 Å². The van der Waals surface area contributed by atoms with Crippen molar-refractivity contribution < 1.29 is 4.79 Å². The predicted octanol–water partition coefficient (Wildman–Crippen LogP) is 6.23. The minimum Gasteiger partial charge on any atom is -0.361 e. The van der Waals surface area contributed by atoms with E-state index >= 15 is 0 Å². The molecule has 2 heterocycles. The van der Waals surface area contributed by atoms with Crippen LogP contribution in [0.25, 0.3) is 22.0 Å². The molecule has 0 saturated carbocycles. The van der Waals surface area contributed by atoms with Crippen LogP contribution in [-0.2, 0) is 6.42 Å². The van der Waals surface area contributed by atoms with Gasteiger partial charge in [-0.05, 0) is 42.2 Å². The van der Waals surface area contributed by atoms with Gasteiger partial charge in [-0.15, -0.1) is 23.1 Å². The maximum Gasteiger partial charge on any atom is 0.251 e. The summed E-state index contributed by atoms with van der Waals surface area (Å²) in [7, 11) is 0. The summed E-state index contributed by atoms with van der Waals surface area (Å²) >= 11 is 3.69. The second-order valence-electron chi connectivity index (χ2n) is 7.80. The molecule has 1 amide bonds. The van der Waals surface area contributed by atoms with Gasteiger partial charge in [0.15, 0.2) is 5.13 Å². The van der Waals surface area contributed by atoms with Crippen LogP contribution in [0.4, 0.5) is 5.13 Å². The molecule has 0 unspecified atom stereocenters. The Morgan fingerprint density at radius 3 is 2.72 bits per heavy atom. The highest BCUT2D eigenvalue weighted by atomic mass is 32.2. The summed E-state index contributed by atoms with van der Waals surface area (Å²) in [6.45, 7) is 1.52. The van der Waals surface area contributed by atoms with Crippen molar-refractivity contribution in [1.82, 2.24) is 10.3 Å². The van der Waals surface area contributed by atoms with Gasteiger partial charge in [0, 0.05) is 39.7 Å². The number of amides is 1. The summed E-state index contributed by atoms with van der Waals surface area (Å²) in [5, 5.41) is 9.64. The van der Waals surface area contributed by atoms with Crippen LogP contribution in [0.15, 0.2) is 71.6 Å². The predicted molar refractivity (Wildman–Crippen MR) is 136 cm³/mol. The van der Waals surface area contributed by atoms with Crippen molar-refractivity contribution in [3.05, 3.63) is 77.2 Å². The third-order valence-corrected chi connectivity index (χ3v) is 7.77. The molecule has 5 rings (SSSR count). The van der Waals surface area contributed by atoms with Crippen LogP contribution in [0.2, 0.25) is 0 Å². The smallest absolute Gasteiger partial charge is 0.251 e. The number of rotatable bonds is 7. The summed E-state index contributed by atoms with van der Waals surface area (Å²) in [5.41, 5.74) is 3.13. The van der Waals surface area contributed by atoms with Gasteiger partial charge >= 0.3 is 0 Å². The fourth-order valence-corrected chi connectivity index (χ4v) is 6.17. The lowest BCUT2D eigenvalue weighted by molar-refractivity contribution is 0.0954. The number of carbonyl (C=O) groups is 1. The molecule has 0 radical (unpaired) electrons. The Kier molecular flexibility index (Phi) is 6.41. The standard InChI is InChI=1S/C26H25N3OS2/c30-25(20-12-7-9-18-8-1-2-10-19(18)20)27-15-5-6-16-28-26-29-24-21-11-3-4-13-22(21)31-17-14-23(24)32-26/h1-4,7-13H,5-6,14-17H2,(H,27,30)(H,28,29). The first-order chi connectivity index (χ1) is 15.8. The molecule has 0 fully saturated rings. The van der Waals surface area contributed by atoms with E-state index in [-0.39, 0.29) is 5.91 Å². The number of thioether (sulfide) groups is 1. The van der Waals surface area contributed by atoms with Gasteiger partial charge in [0.2, 0.25) is 0 Å². The Bertz CT molecular complexity index is 1250. The summed E-state index contributed by atoms with van der Waals surface area (Å²) in [5.74, 6) is 1.09. The Morgan fingerprint density at radius 1 is 0.938 bits per heavy atom. The number of unbranched alkanes of at least 4 members (excludes halogenated alkanes) is 1. The number of thiazole rings is 1. The van der Waals surface area contributed by atoms with Gasteiger partial charge in [-0.2, -0.15) is 0 Å². The van der Waals surface area contributed by atoms with Crippen LogP contribution in [0, 0.1) is 0 Å². The first-order valence-corrected chi connectivity index (χ1v) is 12.8. The molecular weight excluding hydrogens is 434 g/mol. The third kappa shape index (κ3) is 4.52. The second-order valence-corrected chi connectivity index (χ2v) is 10.0. The van der Waals surface area contributed by atoms with Gasteiger partial charge in [0.1, 0.15) is 0 Å². The van der Waals surface area contributed by atoms with Crippen LogP contribution < -0.4 is 10.6 Å². The number of nitrogens with one attached hydrogen (secondary N) is 2. The summed E-state index contributed by atoms with van der Waals surface area (Å²) in [6, 6.07) is 22.4. The maximum absolute atomic E-state index is 12.6. The number of benzene rings is 3. The molecule has 2 N–H and O–H groups in total. The van der Waals surface area contributed by atoms with E-state index in [1.165, 1.54) is 15.3 Å². The van der Waals surface area contributed by atoms with Gasteiger partial charge in [-0.25, -0.2) is 4.98 Å². The normalized spacial score (nSPS) is 12.6. The third-order valence-electron chi connectivity index (χ3n) is 5.63. The summed E-state index contributed by atoms with van der Waals surface area (Å²) < 4.78 is 0. The Balaban J connectivity index is 1.11. The van der Waals surface area contributed by atoms with Crippen molar-refractivity contribution in [2.75, 3.05) is 24.2 Å². The molecule has 3 aromatic carbocycles. The number of anilines is 1. The summed E-state index contributed by atoms with van der Waals surface area (Å²) in [4.78, 5) is 20.2. The fraction of sp³-hybridized carbons (Fsp3) is 0.231. The zero-order chi connectivity index (χ0) is 21.8. The van der Waals surface area contributed by atoms with Gasteiger partial charge in [0.05, 0.1) is 5.69 Å². The molecule has 1 aliphatic rings. The van der Waals surface area contributed by atoms with Crippen LogP contribution >= 0.6 is 23.1 Å². The van der Waals surface area contributed by atoms with E-state index in [0.717, 1.165) is 58.7 Å². The zero-order valence-electron chi connectivity index (χ0n) is 17.8. The zero-order valence-corrected chi connectivity index (χ0v) is 19.4. The maximum atomic E-state index is 12.6. The number of fused-ring (bicyclic) bond motifs is 4. The van der Waals surface area contributed by atoms with E-state index in [0.29, 0.717) is 6.54 Å². The topological polar surface area (TPSA) is 54.0 Å². The second kappa shape index (κ2) is 9.76. The average molecular weight is 460 g/mol. The molecular formula is C26H25N3OS2. The molecule has 4 aromatic rings. The molecule has 0 atom stereocenters. The largest absolute Gasteiger partial charge is 0.361 e. The quantitative estimate of drug-likeness (QED) is 0.322. The minimum atomic E-state index is -0.00467.